The molecule has 0 spiro atoms. The number of benzene rings is 4. The fraction of sp³-hybridized carbons (Fsp3) is 0.568. The summed E-state index contributed by atoms with van der Waals surface area (Å²) in [6, 6.07) is 36.0. The lowest BCUT2D eigenvalue weighted by Gasteiger charge is -2.33. The Morgan fingerprint density at radius 2 is 0.566 bits per heavy atom. The summed E-state index contributed by atoms with van der Waals surface area (Å²) < 4.78 is 0. The van der Waals surface area contributed by atoms with Gasteiger partial charge >= 0.3 is 0 Å². The van der Waals surface area contributed by atoms with Crippen molar-refractivity contribution in [2.24, 2.45) is 0 Å². The standard InChI is InChI=1S/C74H98S2/c1-9-15-19-23-27-31-43-73(44-32-28-24-20-16-10-2)59-47-53(35-37-55(59)57-49-63-65(51-61(57)73)71(63,7)13-5)67-39-41-69(75-67)70-42-40-68(76-70)54-36-38-56-58-50-64-66(72(64,8)14-6)52-62(58)74(60(56)48-54,45-33-29-25-21-17-11-3)46-34-30-26-22-18-12-4/h35-42,47-52H,9-34,43-46H2,1-8H3. The number of hydrogen-bond donors (Lipinski definition) is 0. The molecular formula is C74H98S2. The maximum Gasteiger partial charge on any atom is 0.0449 e. The molecule has 4 aromatic carbocycles. The van der Waals surface area contributed by atoms with E-state index < -0.39 is 0 Å². The van der Waals surface area contributed by atoms with E-state index in [1.54, 1.807) is 55.6 Å². The topological polar surface area (TPSA) is 0 Å². The number of rotatable bonds is 33. The highest BCUT2D eigenvalue weighted by molar-refractivity contribution is 7.25. The van der Waals surface area contributed by atoms with Gasteiger partial charge in [-0.1, -0.05) is 246 Å². The third-order valence-electron chi connectivity index (χ3n) is 20.5. The van der Waals surface area contributed by atoms with E-state index in [1.165, 1.54) is 234 Å². The first-order valence-electron chi connectivity index (χ1n) is 32.0. The van der Waals surface area contributed by atoms with E-state index in [4.69, 9.17) is 0 Å². The van der Waals surface area contributed by atoms with Gasteiger partial charge in [-0.15, -0.1) is 22.7 Å². The number of unbranched alkanes of at least 4 members (excludes halogenated alkanes) is 20. The van der Waals surface area contributed by atoms with Crippen molar-refractivity contribution >= 4 is 22.7 Å². The Labute approximate surface area is 471 Å². The Hall–Kier alpha value is -3.72. The van der Waals surface area contributed by atoms with Crippen LogP contribution in [0.3, 0.4) is 0 Å². The minimum atomic E-state index is 0.0981. The van der Waals surface area contributed by atoms with Gasteiger partial charge in [0.05, 0.1) is 0 Å². The molecule has 0 saturated heterocycles. The summed E-state index contributed by atoms with van der Waals surface area (Å²) in [5, 5.41) is 0. The number of fused-ring (bicyclic) bond motifs is 8. The van der Waals surface area contributed by atoms with Crippen LogP contribution >= 0.6 is 22.7 Å². The van der Waals surface area contributed by atoms with Crippen molar-refractivity contribution in [1.82, 2.24) is 0 Å². The van der Waals surface area contributed by atoms with Gasteiger partial charge in [0.2, 0.25) is 0 Å². The van der Waals surface area contributed by atoms with Gasteiger partial charge in [0.1, 0.15) is 0 Å². The third-order valence-corrected chi connectivity index (χ3v) is 23.0. The van der Waals surface area contributed by atoms with Gasteiger partial charge in [-0.05, 0) is 165 Å². The zero-order chi connectivity index (χ0) is 52.9. The van der Waals surface area contributed by atoms with E-state index in [9.17, 15) is 0 Å². The molecule has 4 aliphatic rings. The first-order valence-corrected chi connectivity index (χ1v) is 33.7. The Kier molecular flexibility index (Phi) is 17.8. The van der Waals surface area contributed by atoms with E-state index >= 15 is 0 Å². The first-order chi connectivity index (χ1) is 37.1. The van der Waals surface area contributed by atoms with Crippen LogP contribution in [0.5, 0.6) is 0 Å². The molecule has 2 atom stereocenters. The lowest BCUT2D eigenvalue weighted by atomic mass is 9.70. The molecule has 0 N–H and O–H groups in total. The van der Waals surface area contributed by atoms with E-state index in [0.29, 0.717) is 0 Å². The Bertz CT molecular complexity index is 2680. The molecule has 406 valence electrons. The molecule has 6 aromatic rings. The molecule has 0 amide bonds. The van der Waals surface area contributed by atoms with Gasteiger partial charge in [-0.3, -0.25) is 0 Å². The van der Waals surface area contributed by atoms with Crippen molar-refractivity contribution < 1.29 is 0 Å². The van der Waals surface area contributed by atoms with Crippen molar-refractivity contribution in [3.05, 3.63) is 129 Å². The summed E-state index contributed by atoms with van der Waals surface area (Å²) in [7, 11) is 0. The van der Waals surface area contributed by atoms with Gasteiger partial charge in [0, 0.05) is 41.2 Å². The van der Waals surface area contributed by atoms with Crippen LogP contribution in [0.25, 0.3) is 52.9 Å². The van der Waals surface area contributed by atoms with Crippen molar-refractivity contribution in [3.8, 4) is 52.9 Å². The van der Waals surface area contributed by atoms with Crippen LogP contribution in [0.1, 0.15) is 293 Å². The maximum absolute atomic E-state index is 2.73. The van der Waals surface area contributed by atoms with Gasteiger partial charge in [0.25, 0.3) is 0 Å². The minimum absolute atomic E-state index is 0.0981. The molecule has 10 rings (SSSR count). The molecular weight excluding hydrogens is 953 g/mol. The summed E-state index contributed by atoms with van der Waals surface area (Å²) in [5.74, 6) is 0. The lowest BCUT2D eigenvalue weighted by molar-refractivity contribution is 0.398. The highest BCUT2D eigenvalue weighted by Crippen LogP contribution is 2.64. The van der Waals surface area contributed by atoms with Gasteiger partial charge in [-0.2, -0.15) is 0 Å². The molecule has 0 aliphatic heterocycles. The summed E-state index contributed by atoms with van der Waals surface area (Å²) in [6.07, 6.45) is 40.0. The summed E-state index contributed by atoms with van der Waals surface area (Å²) >= 11 is 4.02. The van der Waals surface area contributed by atoms with E-state index in [1.807, 2.05) is 22.7 Å². The molecule has 0 radical (unpaired) electrons. The lowest BCUT2D eigenvalue weighted by Crippen LogP contribution is -2.25. The predicted molar refractivity (Wildman–Crippen MR) is 336 cm³/mol. The molecule has 76 heavy (non-hydrogen) atoms. The van der Waals surface area contributed by atoms with Crippen LogP contribution in [0, 0.1) is 0 Å². The van der Waals surface area contributed by atoms with Crippen LogP contribution < -0.4 is 0 Å². The molecule has 4 aliphatic carbocycles. The maximum atomic E-state index is 2.73. The molecule has 0 fully saturated rings. The van der Waals surface area contributed by atoms with Crippen LogP contribution in [0.4, 0.5) is 0 Å². The molecule has 2 unspecified atom stereocenters. The largest absolute Gasteiger partial charge is 0.134 e. The van der Waals surface area contributed by atoms with Crippen molar-refractivity contribution in [2.45, 2.75) is 270 Å². The fourth-order valence-corrected chi connectivity index (χ4v) is 17.2. The van der Waals surface area contributed by atoms with Crippen molar-refractivity contribution in [1.29, 1.82) is 0 Å². The van der Waals surface area contributed by atoms with Crippen LogP contribution in [0.15, 0.2) is 84.9 Å². The molecule has 0 nitrogen and oxygen atoms in total. The Balaban J connectivity index is 0.953. The predicted octanol–water partition coefficient (Wildman–Crippen LogP) is 24.4. The van der Waals surface area contributed by atoms with E-state index in [2.05, 4.69) is 140 Å². The number of thiophene rings is 2. The van der Waals surface area contributed by atoms with Crippen LogP contribution in [-0.2, 0) is 21.7 Å². The van der Waals surface area contributed by atoms with Gasteiger partial charge in [-0.25, -0.2) is 0 Å². The Morgan fingerprint density at radius 3 is 0.895 bits per heavy atom. The third kappa shape index (κ3) is 10.6. The highest BCUT2D eigenvalue weighted by atomic mass is 32.1. The molecule has 2 heterocycles. The minimum Gasteiger partial charge on any atom is -0.134 e. The quantitative estimate of drug-likeness (QED) is 0.0360. The normalized spacial score (nSPS) is 18.6. The second kappa shape index (κ2) is 24.3. The second-order valence-corrected chi connectivity index (χ2v) is 27.5. The Morgan fingerprint density at radius 1 is 0.276 bits per heavy atom. The van der Waals surface area contributed by atoms with Crippen molar-refractivity contribution in [3.63, 3.8) is 0 Å². The average molecular weight is 1050 g/mol. The summed E-state index contributed by atoms with van der Waals surface area (Å²) in [5.41, 5.74) is 22.8. The molecule has 0 bridgehead atoms. The molecule has 2 aromatic heterocycles. The van der Waals surface area contributed by atoms with Crippen molar-refractivity contribution in [2.75, 3.05) is 0 Å². The van der Waals surface area contributed by atoms with Crippen LogP contribution in [-0.4, -0.2) is 0 Å². The van der Waals surface area contributed by atoms with Gasteiger partial charge in [0.15, 0.2) is 0 Å². The van der Waals surface area contributed by atoms with E-state index in [-0.39, 0.29) is 21.7 Å². The smallest absolute Gasteiger partial charge is 0.0449 e. The van der Waals surface area contributed by atoms with Gasteiger partial charge < -0.3 is 0 Å². The van der Waals surface area contributed by atoms with E-state index in [0.717, 1.165) is 0 Å². The summed E-state index contributed by atoms with van der Waals surface area (Å²) in [6.45, 7) is 19.2. The SMILES string of the molecule is CCCCCCCCC1(CCCCCCCC)c2cc(-c3ccc(-c4ccc(-c5ccc6c(c5)C(CCCCCCCC)(CCCCCCCC)c5cc7c(cc5-6)C7(C)CC)s4)s3)ccc2-c2cc3c(cc21)C3(C)CC. The van der Waals surface area contributed by atoms with Crippen LogP contribution in [0.2, 0.25) is 0 Å². The summed E-state index contributed by atoms with van der Waals surface area (Å²) in [4.78, 5) is 5.62. The zero-order valence-electron chi connectivity index (χ0n) is 49.1. The molecule has 0 saturated carbocycles. The zero-order valence-corrected chi connectivity index (χ0v) is 50.7. The number of hydrogen-bond acceptors (Lipinski definition) is 2. The second-order valence-electron chi connectivity index (χ2n) is 25.3. The first kappa shape index (κ1) is 55.6. The fourth-order valence-electron chi connectivity index (χ4n) is 15.1. The average Bonchev–Trinajstić information content (AvgIpc) is 3.95. The highest BCUT2D eigenvalue weighted by Gasteiger charge is 2.52. The monoisotopic (exact) mass is 1050 g/mol. The molecule has 2 heteroatoms.